The highest BCUT2D eigenvalue weighted by atomic mass is 16.4. The van der Waals surface area contributed by atoms with Gasteiger partial charge in [-0.05, 0) is 31.5 Å². The van der Waals surface area contributed by atoms with Gasteiger partial charge in [0, 0.05) is 13.0 Å². The quantitative estimate of drug-likeness (QED) is 0.740. The van der Waals surface area contributed by atoms with Crippen LogP contribution < -0.4 is 5.32 Å². The fourth-order valence-corrected chi connectivity index (χ4v) is 1.35. The van der Waals surface area contributed by atoms with E-state index >= 15 is 0 Å². The van der Waals surface area contributed by atoms with Crippen LogP contribution in [0.4, 0.5) is 0 Å². The van der Waals surface area contributed by atoms with Crippen LogP contribution in [0.15, 0.2) is 24.3 Å². The van der Waals surface area contributed by atoms with Crippen LogP contribution in [0, 0.1) is 5.41 Å². The number of carboxylic acids is 1. The molecule has 0 fully saturated rings. The molecule has 0 atom stereocenters. The van der Waals surface area contributed by atoms with Crippen LogP contribution in [0.2, 0.25) is 0 Å². The van der Waals surface area contributed by atoms with Crippen molar-refractivity contribution in [3.05, 3.63) is 29.8 Å². The number of carboxylic acid groups (broad SMARTS) is 1. The molecule has 0 radical (unpaired) electrons. The van der Waals surface area contributed by atoms with Gasteiger partial charge in [-0.3, -0.25) is 9.59 Å². The number of hydrogen-bond acceptors (Lipinski definition) is 3. The van der Waals surface area contributed by atoms with Crippen molar-refractivity contribution in [2.24, 2.45) is 5.41 Å². The first-order valence-corrected chi connectivity index (χ1v) is 5.59. The van der Waals surface area contributed by atoms with Gasteiger partial charge in [0.05, 0.1) is 5.41 Å². The smallest absolute Gasteiger partial charge is 0.309 e. The van der Waals surface area contributed by atoms with Gasteiger partial charge in [-0.1, -0.05) is 12.1 Å². The van der Waals surface area contributed by atoms with Crippen LogP contribution in [0.1, 0.15) is 25.8 Å². The molecule has 1 aromatic rings. The molecule has 1 aromatic carbocycles. The van der Waals surface area contributed by atoms with Gasteiger partial charge in [-0.25, -0.2) is 0 Å². The summed E-state index contributed by atoms with van der Waals surface area (Å²) < 4.78 is 0. The average Bonchev–Trinajstić information content (AvgIpc) is 2.27. The number of carbonyl (C=O) groups excluding carboxylic acids is 1. The van der Waals surface area contributed by atoms with Gasteiger partial charge in [0.15, 0.2) is 0 Å². The van der Waals surface area contributed by atoms with Crippen molar-refractivity contribution >= 4 is 11.9 Å². The molecule has 0 saturated heterocycles. The lowest BCUT2D eigenvalue weighted by Gasteiger charge is -2.18. The molecule has 98 valence electrons. The summed E-state index contributed by atoms with van der Waals surface area (Å²) in [6.45, 7) is 3.33. The Morgan fingerprint density at radius 2 is 1.78 bits per heavy atom. The van der Waals surface area contributed by atoms with Gasteiger partial charge in [-0.15, -0.1) is 0 Å². The van der Waals surface area contributed by atoms with Crippen molar-refractivity contribution in [2.45, 2.75) is 26.8 Å². The fourth-order valence-electron chi connectivity index (χ4n) is 1.35. The van der Waals surface area contributed by atoms with Crippen molar-refractivity contribution in [2.75, 3.05) is 0 Å². The van der Waals surface area contributed by atoms with E-state index in [1.807, 2.05) is 0 Å². The van der Waals surface area contributed by atoms with Crippen LogP contribution in [0.5, 0.6) is 5.75 Å². The monoisotopic (exact) mass is 251 g/mol. The molecule has 0 aromatic heterocycles. The number of phenolic OH excluding ortho intramolecular Hbond substituents is 1. The predicted octanol–water partition coefficient (Wildman–Crippen LogP) is 1.51. The summed E-state index contributed by atoms with van der Waals surface area (Å²) in [6.07, 6.45) is -0.0690. The maximum atomic E-state index is 11.6. The van der Waals surface area contributed by atoms with E-state index in [0.29, 0.717) is 6.54 Å². The van der Waals surface area contributed by atoms with E-state index in [-0.39, 0.29) is 18.1 Å². The van der Waals surface area contributed by atoms with E-state index in [4.69, 9.17) is 10.2 Å². The first kappa shape index (κ1) is 14.0. The summed E-state index contributed by atoms with van der Waals surface area (Å²) >= 11 is 0. The number of benzene rings is 1. The van der Waals surface area contributed by atoms with Crippen molar-refractivity contribution in [1.29, 1.82) is 0 Å². The normalized spacial score (nSPS) is 11.0. The van der Waals surface area contributed by atoms with Crippen LogP contribution in [-0.4, -0.2) is 22.1 Å². The molecule has 0 aliphatic rings. The molecule has 1 amide bonds. The Balaban J connectivity index is 2.47. The second-order valence-corrected chi connectivity index (χ2v) is 4.81. The molecule has 18 heavy (non-hydrogen) atoms. The van der Waals surface area contributed by atoms with Gasteiger partial charge in [0.2, 0.25) is 5.91 Å². The Kier molecular flexibility index (Phi) is 4.31. The van der Waals surface area contributed by atoms with E-state index in [0.717, 1.165) is 5.56 Å². The highest BCUT2D eigenvalue weighted by Gasteiger charge is 2.29. The highest BCUT2D eigenvalue weighted by Crippen LogP contribution is 2.20. The highest BCUT2D eigenvalue weighted by molar-refractivity contribution is 5.84. The lowest BCUT2D eigenvalue weighted by atomic mass is 9.89. The van der Waals surface area contributed by atoms with Crippen LogP contribution in [0.3, 0.4) is 0 Å². The number of carbonyl (C=O) groups is 2. The van der Waals surface area contributed by atoms with Gasteiger partial charge < -0.3 is 15.5 Å². The number of aromatic hydroxyl groups is 1. The number of amides is 1. The Labute approximate surface area is 105 Å². The second-order valence-electron chi connectivity index (χ2n) is 4.81. The Morgan fingerprint density at radius 1 is 1.22 bits per heavy atom. The summed E-state index contributed by atoms with van der Waals surface area (Å²) in [5, 5.41) is 20.6. The van der Waals surface area contributed by atoms with Crippen molar-refractivity contribution in [3.8, 4) is 5.75 Å². The largest absolute Gasteiger partial charge is 0.508 e. The number of nitrogens with one attached hydrogen (secondary N) is 1. The number of phenols is 1. The summed E-state index contributed by atoms with van der Waals surface area (Å²) in [6, 6.07) is 6.45. The van der Waals surface area contributed by atoms with E-state index in [2.05, 4.69) is 5.32 Å². The maximum Gasteiger partial charge on any atom is 0.309 e. The SMILES string of the molecule is CC(C)(CC(=O)NCc1ccc(O)cc1)C(=O)O. The standard InChI is InChI=1S/C13H17NO4/c1-13(2,12(17)18)7-11(16)14-8-9-3-5-10(15)6-4-9/h3-6,15H,7-8H2,1-2H3,(H,14,16)(H,17,18). The number of rotatable bonds is 5. The minimum atomic E-state index is -1.07. The van der Waals surface area contributed by atoms with Crippen LogP contribution in [-0.2, 0) is 16.1 Å². The topological polar surface area (TPSA) is 86.6 Å². The third-order valence-corrected chi connectivity index (χ3v) is 2.61. The van der Waals surface area contributed by atoms with Gasteiger partial charge in [0.25, 0.3) is 0 Å². The van der Waals surface area contributed by atoms with Crippen molar-refractivity contribution in [1.82, 2.24) is 5.32 Å². The Morgan fingerprint density at radius 3 is 2.28 bits per heavy atom. The zero-order valence-electron chi connectivity index (χ0n) is 10.4. The zero-order chi connectivity index (χ0) is 13.8. The zero-order valence-corrected chi connectivity index (χ0v) is 10.4. The summed E-state index contributed by atoms with van der Waals surface area (Å²) in [7, 11) is 0. The molecule has 0 saturated carbocycles. The molecular weight excluding hydrogens is 234 g/mol. The van der Waals surface area contributed by atoms with Gasteiger partial charge >= 0.3 is 5.97 Å². The molecule has 0 unspecified atom stereocenters. The molecule has 0 heterocycles. The molecule has 0 aliphatic heterocycles. The molecule has 5 nitrogen and oxygen atoms in total. The molecule has 0 aliphatic carbocycles. The Hall–Kier alpha value is -2.04. The molecule has 5 heteroatoms. The minimum absolute atomic E-state index is 0.0690. The molecule has 3 N–H and O–H groups in total. The van der Waals surface area contributed by atoms with Gasteiger partial charge in [0.1, 0.15) is 5.75 Å². The first-order chi connectivity index (χ1) is 8.31. The fraction of sp³-hybridized carbons (Fsp3) is 0.385. The van der Waals surface area contributed by atoms with Crippen molar-refractivity contribution in [3.63, 3.8) is 0 Å². The van der Waals surface area contributed by atoms with Gasteiger partial charge in [-0.2, -0.15) is 0 Å². The lowest BCUT2D eigenvalue weighted by Crippen LogP contribution is -2.33. The molecule has 0 bridgehead atoms. The molecule has 1 rings (SSSR count). The van der Waals surface area contributed by atoms with Crippen molar-refractivity contribution < 1.29 is 19.8 Å². The third kappa shape index (κ3) is 4.08. The summed E-state index contributed by atoms with van der Waals surface area (Å²) in [4.78, 5) is 22.4. The second kappa shape index (κ2) is 5.53. The number of aliphatic carboxylic acids is 1. The third-order valence-electron chi connectivity index (χ3n) is 2.61. The Bertz CT molecular complexity index is 437. The lowest BCUT2D eigenvalue weighted by molar-refractivity contribution is -0.149. The molecular formula is C13H17NO4. The maximum absolute atomic E-state index is 11.6. The van der Waals surface area contributed by atoms with E-state index < -0.39 is 11.4 Å². The molecule has 0 spiro atoms. The number of hydrogen-bond donors (Lipinski definition) is 3. The first-order valence-electron chi connectivity index (χ1n) is 5.59. The summed E-state index contributed by atoms with van der Waals surface area (Å²) in [5.74, 6) is -1.14. The van der Waals surface area contributed by atoms with E-state index in [9.17, 15) is 9.59 Å². The predicted molar refractivity (Wildman–Crippen MR) is 66.0 cm³/mol. The van der Waals surface area contributed by atoms with Crippen LogP contribution in [0.25, 0.3) is 0 Å². The minimum Gasteiger partial charge on any atom is -0.508 e. The van der Waals surface area contributed by atoms with E-state index in [1.165, 1.54) is 26.0 Å². The summed E-state index contributed by atoms with van der Waals surface area (Å²) in [5.41, 5.74) is -0.228. The average molecular weight is 251 g/mol. The van der Waals surface area contributed by atoms with E-state index in [1.54, 1.807) is 12.1 Å². The van der Waals surface area contributed by atoms with Crippen LogP contribution >= 0.6 is 0 Å².